The molecule has 0 aromatic carbocycles. The molecule has 4 atom stereocenters. The number of rotatable bonds is 1. The molecule has 0 amide bonds. The molecular weight excluding hydrogens is 300 g/mol. The average molecular weight is 318 g/mol. The van der Waals surface area contributed by atoms with Crippen LogP contribution in [0.3, 0.4) is 0 Å². The van der Waals surface area contributed by atoms with E-state index in [1.54, 1.807) is 6.26 Å². The molecule has 1 aliphatic carbocycles. The number of hydrogen-bond acceptors (Lipinski definition) is 6. The van der Waals surface area contributed by atoms with Gasteiger partial charge in [0.25, 0.3) is 0 Å². The van der Waals surface area contributed by atoms with E-state index in [9.17, 15) is 9.59 Å². The molecule has 1 aromatic rings. The van der Waals surface area contributed by atoms with Gasteiger partial charge in [0.1, 0.15) is 5.60 Å². The molecule has 0 saturated carbocycles. The van der Waals surface area contributed by atoms with Crippen molar-refractivity contribution in [1.29, 1.82) is 0 Å². The summed E-state index contributed by atoms with van der Waals surface area (Å²) in [6.07, 6.45) is 3.46. The van der Waals surface area contributed by atoms with E-state index in [2.05, 4.69) is 0 Å². The highest BCUT2D eigenvalue weighted by Crippen LogP contribution is 2.53. The van der Waals surface area contributed by atoms with Gasteiger partial charge in [0.15, 0.2) is 18.0 Å². The first-order valence-corrected chi connectivity index (χ1v) is 7.74. The molecule has 0 unspecified atom stereocenters. The van der Waals surface area contributed by atoms with Crippen molar-refractivity contribution in [1.82, 2.24) is 0 Å². The highest BCUT2D eigenvalue weighted by Gasteiger charge is 2.61. The summed E-state index contributed by atoms with van der Waals surface area (Å²) in [6, 6.07) is 0. The van der Waals surface area contributed by atoms with Gasteiger partial charge in [-0.15, -0.1) is 0 Å². The van der Waals surface area contributed by atoms with Crippen LogP contribution < -0.4 is 0 Å². The first-order valence-electron chi connectivity index (χ1n) is 7.74. The van der Waals surface area contributed by atoms with Crippen molar-refractivity contribution in [2.24, 2.45) is 0 Å². The molecule has 1 saturated heterocycles. The van der Waals surface area contributed by atoms with Gasteiger partial charge < -0.3 is 18.6 Å². The highest BCUT2D eigenvalue weighted by molar-refractivity contribution is 5.91. The van der Waals surface area contributed by atoms with Crippen molar-refractivity contribution in [2.45, 2.75) is 57.5 Å². The maximum absolute atomic E-state index is 12.0. The minimum absolute atomic E-state index is 0.0871. The Labute approximate surface area is 133 Å². The van der Waals surface area contributed by atoms with Crippen LogP contribution in [0.4, 0.5) is 0 Å². The Morgan fingerprint density at radius 3 is 2.96 bits per heavy atom. The quantitative estimate of drug-likeness (QED) is 0.585. The summed E-state index contributed by atoms with van der Waals surface area (Å²) < 4.78 is 22.6. The van der Waals surface area contributed by atoms with Gasteiger partial charge in [-0.2, -0.15) is 0 Å². The second-order valence-corrected chi connectivity index (χ2v) is 6.53. The van der Waals surface area contributed by atoms with Crippen molar-refractivity contribution < 1.29 is 28.2 Å². The van der Waals surface area contributed by atoms with Crippen LogP contribution in [0.25, 0.3) is 0 Å². The van der Waals surface area contributed by atoms with E-state index in [0.717, 1.165) is 11.1 Å². The minimum Gasteiger partial charge on any atom is -0.465 e. The van der Waals surface area contributed by atoms with Crippen LogP contribution in [-0.2, 0) is 23.8 Å². The number of ether oxygens (including phenoxy) is 3. The number of hydrogen-bond donors (Lipinski definition) is 0. The van der Waals surface area contributed by atoms with Gasteiger partial charge in [0, 0.05) is 18.1 Å². The Balaban J connectivity index is 1.85. The summed E-state index contributed by atoms with van der Waals surface area (Å²) >= 11 is 0. The maximum Gasteiger partial charge on any atom is 0.334 e. The van der Waals surface area contributed by atoms with Gasteiger partial charge in [0.05, 0.1) is 12.4 Å². The lowest BCUT2D eigenvalue weighted by molar-refractivity contribution is -0.151. The van der Waals surface area contributed by atoms with E-state index in [4.69, 9.17) is 18.6 Å². The SMILES string of the molecule is CC(=O)O[C@H]1c2occ(C)c2[C@H]2C=C(CC[C@H]3O[C@@]31C)C(=O)O2. The van der Waals surface area contributed by atoms with Crippen LogP contribution in [0, 0.1) is 6.92 Å². The summed E-state index contributed by atoms with van der Waals surface area (Å²) in [7, 11) is 0. The van der Waals surface area contributed by atoms with Crippen LogP contribution >= 0.6 is 0 Å². The molecule has 122 valence electrons. The standard InChI is InChI=1S/C17H18O6/c1-8-7-20-14-13(8)11-6-10(16(19)22-11)4-5-12-17(3,23-12)15(14)21-9(2)18/h6-7,11-12,15H,4-5H2,1-3H3/t11-,12-,15+,17+/m1/s1. The van der Waals surface area contributed by atoms with Crippen LogP contribution in [-0.4, -0.2) is 23.6 Å². The van der Waals surface area contributed by atoms with Crippen LogP contribution in [0.1, 0.15) is 55.8 Å². The Hall–Kier alpha value is -2.08. The summed E-state index contributed by atoms with van der Waals surface area (Å²) in [5.74, 6) is -0.197. The number of epoxide rings is 1. The second-order valence-electron chi connectivity index (χ2n) is 6.53. The van der Waals surface area contributed by atoms with Crippen LogP contribution in [0.2, 0.25) is 0 Å². The molecule has 0 radical (unpaired) electrons. The molecule has 4 rings (SSSR count). The predicted molar refractivity (Wildman–Crippen MR) is 77.4 cm³/mol. The molecule has 23 heavy (non-hydrogen) atoms. The topological polar surface area (TPSA) is 78.3 Å². The van der Waals surface area contributed by atoms with Crippen molar-refractivity contribution in [2.75, 3.05) is 0 Å². The Morgan fingerprint density at radius 2 is 2.22 bits per heavy atom. The molecular formula is C17H18O6. The van der Waals surface area contributed by atoms with E-state index < -0.39 is 23.8 Å². The predicted octanol–water partition coefficient (Wildman–Crippen LogP) is 2.67. The number of carbonyl (C=O) groups excluding carboxylic acids is 2. The van der Waals surface area contributed by atoms with Crippen molar-refractivity contribution in [3.63, 3.8) is 0 Å². The van der Waals surface area contributed by atoms with E-state index in [1.165, 1.54) is 6.92 Å². The first kappa shape index (κ1) is 14.5. The fraction of sp³-hybridized carbons (Fsp3) is 0.529. The Kier molecular flexibility index (Phi) is 2.97. The minimum atomic E-state index is -0.650. The number of fused-ring (bicyclic) bond motifs is 4. The van der Waals surface area contributed by atoms with Crippen molar-refractivity contribution >= 4 is 11.9 Å². The zero-order valence-electron chi connectivity index (χ0n) is 13.3. The lowest BCUT2D eigenvalue weighted by atomic mass is 9.89. The van der Waals surface area contributed by atoms with E-state index in [1.807, 2.05) is 19.9 Å². The molecule has 6 nitrogen and oxygen atoms in total. The van der Waals surface area contributed by atoms with Gasteiger partial charge >= 0.3 is 11.9 Å². The summed E-state index contributed by atoms with van der Waals surface area (Å²) in [6.45, 7) is 5.16. The average Bonchev–Trinajstić information content (AvgIpc) is 2.80. The fourth-order valence-electron chi connectivity index (χ4n) is 3.58. The lowest BCUT2D eigenvalue weighted by Gasteiger charge is -2.22. The normalized spacial score (nSPS) is 34.8. The van der Waals surface area contributed by atoms with Crippen molar-refractivity contribution in [3.05, 3.63) is 34.8 Å². The van der Waals surface area contributed by atoms with Crippen molar-refractivity contribution in [3.8, 4) is 0 Å². The first-order chi connectivity index (χ1) is 10.9. The third-order valence-electron chi connectivity index (χ3n) is 4.88. The third kappa shape index (κ3) is 2.12. The summed E-state index contributed by atoms with van der Waals surface area (Å²) in [5.41, 5.74) is 1.64. The third-order valence-corrected chi connectivity index (χ3v) is 4.88. The van der Waals surface area contributed by atoms with E-state index in [0.29, 0.717) is 24.2 Å². The van der Waals surface area contributed by atoms with Gasteiger partial charge in [-0.1, -0.05) is 0 Å². The molecule has 6 heteroatoms. The van der Waals surface area contributed by atoms with E-state index in [-0.39, 0.29) is 12.1 Å². The molecule has 1 aromatic heterocycles. The highest BCUT2D eigenvalue weighted by atomic mass is 16.7. The molecule has 2 aliphatic heterocycles. The zero-order valence-corrected chi connectivity index (χ0v) is 13.3. The Morgan fingerprint density at radius 1 is 1.43 bits per heavy atom. The van der Waals surface area contributed by atoms with Gasteiger partial charge in [0.2, 0.25) is 0 Å². The molecule has 3 aliphatic rings. The maximum atomic E-state index is 12.0. The molecule has 0 N–H and O–H groups in total. The number of carbonyl (C=O) groups is 2. The fourth-order valence-corrected chi connectivity index (χ4v) is 3.58. The molecule has 0 spiro atoms. The second kappa shape index (κ2) is 4.71. The largest absolute Gasteiger partial charge is 0.465 e. The summed E-state index contributed by atoms with van der Waals surface area (Å²) in [4.78, 5) is 23.6. The van der Waals surface area contributed by atoms with Gasteiger partial charge in [-0.05, 0) is 38.3 Å². The molecule has 2 bridgehead atoms. The lowest BCUT2D eigenvalue weighted by Crippen LogP contribution is -2.27. The van der Waals surface area contributed by atoms with Crippen LogP contribution in [0.5, 0.6) is 0 Å². The van der Waals surface area contributed by atoms with Crippen LogP contribution in [0.15, 0.2) is 22.3 Å². The zero-order chi connectivity index (χ0) is 16.4. The van der Waals surface area contributed by atoms with Gasteiger partial charge in [-0.3, -0.25) is 4.79 Å². The number of esters is 2. The Bertz CT molecular complexity index is 729. The number of aryl methyl sites for hydroxylation is 1. The van der Waals surface area contributed by atoms with Gasteiger partial charge in [-0.25, -0.2) is 4.79 Å². The number of furan rings is 1. The monoisotopic (exact) mass is 318 g/mol. The molecule has 3 heterocycles. The summed E-state index contributed by atoms with van der Waals surface area (Å²) in [5, 5.41) is 0. The smallest absolute Gasteiger partial charge is 0.334 e. The molecule has 1 fully saturated rings. The van der Waals surface area contributed by atoms with E-state index >= 15 is 0 Å².